The summed E-state index contributed by atoms with van der Waals surface area (Å²) in [6, 6.07) is 22.9. The molecule has 0 spiro atoms. The number of thioether (sulfide) groups is 1. The third-order valence-corrected chi connectivity index (χ3v) is 6.63. The van der Waals surface area contributed by atoms with Crippen molar-refractivity contribution in [3.05, 3.63) is 94.8 Å². The van der Waals surface area contributed by atoms with Gasteiger partial charge in [0.2, 0.25) is 5.91 Å². The van der Waals surface area contributed by atoms with E-state index in [1.54, 1.807) is 6.07 Å². The van der Waals surface area contributed by atoms with Gasteiger partial charge < -0.3 is 10.1 Å². The van der Waals surface area contributed by atoms with Crippen LogP contribution in [0.2, 0.25) is 5.02 Å². The van der Waals surface area contributed by atoms with Crippen molar-refractivity contribution in [2.45, 2.75) is 32.0 Å². The summed E-state index contributed by atoms with van der Waals surface area (Å²) < 4.78 is 8.01. The molecule has 174 valence electrons. The maximum Gasteiger partial charge on any atom is 0.234 e. The topological polar surface area (TPSA) is 69.0 Å². The van der Waals surface area contributed by atoms with Crippen molar-refractivity contribution in [2.75, 3.05) is 11.1 Å². The molecule has 1 amide bonds. The highest BCUT2D eigenvalue weighted by Crippen LogP contribution is 2.31. The van der Waals surface area contributed by atoms with Gasteiger partial charge in [0.05, 0.1) is 10.8 Å². The highest BCUT2D eigenvalue weighted by Gasteiger charge is 2.22. The summed E-state index contributed by atoms with van der Waals surface area (Å²) >= 11 is 7.60. The standard InChI is InChI=1S/C26H25ClN4O2S/c1-17-10-9-14-22(18(17)2)28-24(32)16-34-26-30-29-25(31(26)20-11-5-4-6-12-20)19(3)33-23-15-8-7-13-21(23)27/h4-15,19H,16H2,1-3H3,(H,28,32). The second-order valence-corrected chi connectivity index (χ2v) is 9.14. The number of hydrogen-bond donors (Lipinski definition) is 1. The van der Waals surface area contributed by atoms with Crippen LogP contribution in [0, 0.1) is 13.8 Å². The summed E-state index contributed by atoms with van der Waals surface area (Å²) in [5, 5.41) is 12.9. The summed E-state index contributed by atoms with van der Waals surface area (Å²) in [5.41, 5.74) is 3.89. The second kappa shape index (κ2) is 10.8. The van der Waals surface area contributed by atoms with Gasteiger partial charge in [-0.05, 0) is 62.2 Å². The minimum Gasteiger partial charge on any atom is -0.481 e. The van der Waals surface area contributed by atoms with Crippen molar-refractivity contribution in [1.82, 2.24) is 14.8 Å². The molecule has 1 N–H and O–H groups in total. The van der Waals surface area contributed by atoms with Crippen LogP contribution in [0.5, 0.6) is 5.75 Å². The molecule has 0 bridgehead atoms. The number of nitrogens with zero attached hydrogens (tertiary/aromatic N) is 3. The molecule has 0 fully saturated rings. The van der Waals surface area contributed by atoms with Crippen molar-refractivity contribution in [1.29, 1.82) is 0 Å². The minimum absolute atomic E-state index is 0.108. The van der Waals surface area contributed by atoms with E-state index in [2.05, 4.69) is 15.5 Å². The molecule has 0 aliphatic rings. The first kappa shape index (κ1) is 23.9. The number of carbonyl (C=O) groups is 1. The van der Waals surface area contributed by atoms with Crippen LogP contribution in [0.4, 0.5) is 5.69 Å². The number of carbonyl (C=O) groups excluding carboxylic acids is 1. The lowest BCUT2D eigenvalue weighted by molar-refractivity contribution is -0.113. The van der Waals surface area contributed by atoms with E-state index in [1.807, 2.05) is 92.1 Å². The van der Waals surface area contributed by atoms with E-state index in [9.17, 15) is 4.79 Å². The summed E-state index contributed by atoms with van der Waals surface area (Å²) in [6.45, 7) is 5.92. The molecule has 6 nitrogen and oxygen atoms in total. The third kappa shape index (κ3) is 5.43. The monoisotopic (exact) mass is 492 g/mol. The first-order valence-corrected chi connectivity index (χ1v) is 12.2. The van der Waals surface area contributed by atoms with Gasteiger partial charge in [-0.15, -0.1) is 10.2 Å². The first-order valence-electron chi connectivity index (χ1n) is 10.8. The maximum absolute atomic E-state index is 12.7. The Hall–Kier alpha value is -3.29. The Morgan fingerprint density at radius 2 is 1.76 bits per heavy atom. The van der Waals surface area contributed by atoms with Gasteiger partial charge in [0.15, 0.2) is 17.1 Å². The molecule has 0 aliphatic heterocycles. The molecular weight excluding hydrogens is 468 g/mol. The molecule has 1 heterocycles. The van der Waals surface area contributed by atoms with Crippen molar-refractivity contribution in [3.63, 3.8) is 0 Å². The van der Waals surface area contributed by atoms with E-state index in [1.165, 1.54) is 11.8 Å². The smallest absolute Gasteiger partial charge is 0.234 e. The average molecular weight is 493 g/mol. The van der Waals surface area contributed by atoms with Crippen LogP contribution in [0.3, 0.4) is 0 Å². The Bertz CT molecular complexity index is 1290. The van der Waals surface area contributed by atoms with Gasteiger partial charge in [-0.2, -0.15) is 0 Å². The van der Waals surface area contributed by atoms with Crippen LogP contribution in [-0.2, 0) is 4.79 Å². The summed E-state index contributed by atoms with van der Waals surface area (Å²) in [5.74, 6) is 1.27. The van der Waals surface area contributed by atoms with Gasteiger partial charge in [-0.25, -0.2) is 0 Å². The van der Waals surface area contributed by atoms with Gasteiger partial charge in [-0.1, -0.05) is 65.8 Å². The summed E-state index contributed by atoms with van der Waals surface area (Å²) in [7, 11) is 0. The van der Waals surface area contributed by atoms with Crippen LogP contribution in [0.1, 0.15) is 30.0 Å². The molecule has 1 unspecified atom stereocenters. The molecule has 0 saturated carbocycles. The Morgan fingerprint density at radius 1 is 1.03 bits per heavy atom. The van der Waals surface area contributed by atoms with Crippen molar-refractivity contribution < 1.29 is 9.53 Å². The quantitative estimate of drug-likeness (QED) is 0.288. The fraction of sp³-hybridized carbons (Fsp3) is 0.192. The number of halogens is 1. The van der Waals surface area contributed by atoms with Gasteiger partial charge in [0.1, 0.15) is 5.75 Å². The van der Waals surface area contributed by atoms with Crippen LogP contribution in [0.15, 0.2) is 78.0 Å². The molecule has 8 heteroatoms. The number of para-hydroxylation sites is 2. The fourth-order valence-electron chi connectivity index (χ4n) is 3.44. The second-order valence-electron chi connectivity index (χ2n) is 7.79. The zero-order chi connectivity index (χ0) is 24.1. The summed E-state index contributed by atoms with van der Waals surface area (Å²) in [4.78, 5) is 12.7. The molecule has 0 radical (unpaired) electrons. The lowest BCUT2D eigenvalue weighted by Gasteiger charge is -2.17. The normalized spacial score (nSPS) is 11.8. The lowest BCUT2D eigenvalue weighted by Crippen LogP contribution is -2.16. The van der Waals surface area contributed by atoms with Gasteiger partial charge in [-0.3, -0.25) is 9.36 Å². The largest absolute Gasteiger partial charge is 0.481 e. The van der Waals surface area contributed by atoms with Crippen molar-refractivity contribution in [3.8, 4) is 11.4 Å². The van der Waals surface area contributed by atoms with Crippen molar-refractivity contribution >= 4 is 35.0 Å². The molecular formula is C26H25ClN4O2S. The zero-order valence-electron chi connectivity index (χ0n) is 19.2. The Labute approximate surface area is 208 Å². The van der Waals surface area contributed by atoms with E-state index in [-0.39, 0.29) is 11.7 Å². The van der Waals surface area contributed by atoms with Crippen LogP contribution in [0.25, 0.3) is 5.69 Å². The number of nitrogens with one attached hydrogen (secondary N) is 1. The Morgan fingerprint density at radius 3 is 2.53 bits per heavy atom. The molecule has 3 aromatic carbocycles. The molecule has 0 aliphatic carbocycles. The number of rotatable bonds is 8. The van der Waals surface area contributed by atoms with E-state index in [0.29, 0.717) is 21.8 Å². The Balaban J connectivity index is 1.55. The number of amides is 1. The van der Waals surface area contributed by atoms with Crippen molar-refractivity contribution in [2.24, 2.45) is 0 Å². The van der Waals surface area contributed by atoms with Gasteiger partial charge in [0, 0.05) is 11.4 Å². The molecule has 4 aromatic rings. The predicted molar refractivity (Wildman–Crippen MR) is 137 cm³/mol. The highest BCUT2D eigenvalue weighted by atomic mass is 35.5. The molecule has 4 rings (SSSR count). The van der Waals surface area contributed by atoms with Gasteiger partial charge >= 0.3 is 0 Å². The number of ether oxygens (including phenoxy) is 1. The number of anilines is 1. The molecule has 1 atom stereocenters. The molecule has 0 saturated heterocycles. The number of benzene rings is 3. The molecule has 34 heavy (non-hydrogen) atoms. The van der Waals surface area contributed by atoms with Crippen LogP contribution >= 0.6 is 23.4 Å². The van der Waals surface area contributed by atoms with E-state index in [4.69, 9.17) is 16.3 Å². The molecule has 1 aromatic heterocycles. The number of aromatic nitrogens is 3. The Kier molecular flexibility index (Phi) is 7.55. The lowest BCUT2D eigenvalue weighted by atomic mass is 10.1. The minimum atomic E-state index is -0.425. The number of aryl methyl sites for hydroxylation is 1. The summed E-state index contributed by atoms with van der Waals surface area (Å²) in [6.07, 6.45) is -0.425. The SMILES string of the molecule is Cc1cccc(NC(=O)CSc2nnc(C(C)Oc3ccccc3Cl)n2-c2ccccc2)c1C. The van der Waals surface area contributed by atoms with Crippen LogP contribution < -0.4 is 10.1 Å². The van der Waals surface area contributed by atoms with Gasteiger partial charge in [0.25, 0.3) is 0 Å². The first-order chi connectivity index (χ1) is 16.4. The van der Waals surface area contributed by atoms with Crippen LogP contribution in [-0.4, -0.2) is 26.4 Å². The highest BCUT2D eigenvalue weighted by molar-refractivity contribution is 7.99. The maximum atomic E-state index is 12.7. The predicted octanol–water partition coefficient (Wildman–Crippen LogP) is 6.41. The number of hydrogen-bond acceptors (Lipinski definition) is 5. The van der Waals surface area contributed by atoms with E-state index >= 15 is 0 Å². The van der Waals surface area contributed by atoms with E-state index in [0.717, 1.165) is 22.5 Å². The zero-order valence-corrected chi connectivity index (χ0v) is 20.7. The fourth-order valence-corrected chi connectivity index (χ4v) is 4.38. The van der Waals surface area contributed by atoms with E-state index < -0.39 is 6.10 Å². The third-order valence-electron chi connectivity index (χ3n) is 5.39. The average Bonchev–Trinajstić information content (AvgIpc) is 3.27.